The molecule has 3 aromatic rings. The molecule has 8 heteroatoms. The Bertz CT molecular complexity index is 966. The molecule has 7 nitrogen and oxygen atoms in total. The lowest BCUT2D eigenvalue weighted by Gasteiger charge is -2.11. The van der Waals surface area contributed by atoms with Gasteiger partial charge in [-0.2, -0.15) is 0 Å². The Kier molecular flexibility index (Phi) is 5.33. The second-order valence-electron chi connectivity index (χ2n) is 5.54. The number of benzene rings is 1. The molecule has 0 unspecified atom stereocenters. The number of aromatic amines is 1. The number of hydrogen-bond acceptors (Lipinski definition) is 6. The van der Waals surface area contributed by atoms with Gasteiger partial charge in [0.2, 0.25) is 5.88 Å². The van der Waals surface area contributed by atoms with Gasteiger partial charge in [-0.15, -0.1) is 0 Å². The predicted octanol–water partition coefficient (Wildman–Crippen LogP) is 2.07. The van der Waals surface area contributed by atoms with Crippen molar-refractivity contribution in [3.8, 4) is 11.6 Å². The maximum Gasteiger partial charge on any atom is 0.307 e. The number of rotatable bonds is 6. The number of carbonyl (C=O) groups is 1. The molecule has 2 heterocycles. The quantitative estimate of drug-likeness (QED) is 0.615. The summed E-state index contributed by atoms with van der Waals surface area (Å²) in [5.74, 6) is 0.0290. The molecule has 3 N–H and O–H groups in total. The molecule has 0 saturated heterocycles. The van der Waals surface area contributed by atoms with E-state index in [1.807, 2.05) is 6.07 Å². The van der Waals surface area contributed by atoms with Crippen molar-refractivity contribution in [2.75, 3.05) is 7.11 Å². The molecular formula is C18H17N3O4S. The van der Waals surface area contributed by atoms with Gasteiger partial charge in [-0.1, -0.05) is 23.5 Å². The molecule has 0 atom stereocenters. The molecule has 0 bridgehead atoms. The zero-order valence-electron chi connectivity index (χ0n) is 14.0. The SMILES string of the molecule is COc1ccc(Cc2sc(=O)[nH]c2O)cc1C(=O)NCc1cccnc1. The highest BCUT2D eigenvalue weighted by Gasteiger charge is 2.15. The van der Waals surface area contributed by atoms with Gasteiger partial charge in [0.15, 0.2) is 0 Å². The average molecular weight is 371 g/mol. The van der Waals surface area contributed by atoms with Gasteiger partial charge in [-0.25, -0.2) is 0 Å². The fraction of sp³-hybridized carbons (Fsp3) is 0.167. The Labute approximate surface area is 153 Å². The van der Waals surface area contributed by atoms with E-state index in [2.05, 4.69) is 15.3 Å². The molecule has 134 valence electrons. The molecular weight excluding hydrogens is 354 g/mol. The Morgan fingerprint density at radius 1 is 1.35 bits per heavy atom. The molecule has 0 aliphatic heterocycles. The number of nitrogens with zero attached hydrogens (tertiary/aromatic N) is 1. The summed E-state index contributed by atoms with van der Waals surface area (Å²) in [5.41, 5.74) is 2.05. The number of pyridine rings is 1. The summed E-state index contributed by atoms with van der Waals surface area (Å²) in [6, 6.07) is 8.86. The van der Waals surface area contributed by atoms with Crippen LogP contribution in [0.1, 0.15) is 26.4 Å². The van der Waals surface area contributed by atoms with E-state index in [1.54, 1.807) is 36.7 Å². The van der Waals surface area contributed by atoms with Crippen molar-refractivity contribution in [1.29, 1.82) is 0 Å². The van der Waals surface area contributed by atoms with Crippen LogP contribution in [0.4, 0.5) is 0 Å². The topological polar surface area (TPSA) is 104 Å². The van der Waals surface area contributed by atoms with Crippen molar-refractivity contribution in [2.45, 2.75) is 13.0 Å². The highest BCUT2D eigenvalue weighted by Crippen LogP contribution is 2.25. The minimum atomic E-state index is -0.319. The molecule has 1 amide bonds. The lowest BCUT2D eigenvalue weighted by atomic mass is 10.1. The van der Waals surface area contributed by atoms with Gasteiger partial charge < -0.3 is 15.2 Å². The maximum atomic E-state index is 12.6. The highest BCUT2D eigenvalue weighted by atomic mass is 32.1. The minimum Gasteiger partial charge on any atom is -0.496 e. The zero-order valence-corrected chi connectivity index (χ0v) is 14.8. The van der Waals surface area contributed by atoms with Crippen molar-refractivity contribution in [1.82, 2.24) is 15.3 Å². The Morgan fingerprint density at radius 2 is 2.19 bits per heavy atom. The molecule has 26 heavy (non-hydrogen) atoms. The summed E-state index contributed by atoms with van der Waals surface area (Å²) >= 11 is 0.941. The number of H-pyrrole nitrogens is 1. The van der Waals surface area contributed by atoms with Crippen LogP contribution in [0.5, 0.6) is 11.6 Å². The van der Waals surface area contributed by atoms with Crippen molar-refractivity contribution in [2.24, 2.45) is 0 Å². The Hall–Kier alpha value is -3.13. The van der Waals surface area contributed by atoms with Crippen LogP contribution in [-0.2, 0) is 13.0 Å². The van der Waals surface area contributed by atoms with Crippen molar-refractivity contribution >= 4 is 17.2 Å². The number of aromatic hydroxyl groups is 1. The number of ether oxygens (including phenoxy) is 1. The molecule has 2 aromatic heterocycles. The summed E-state index contributed by atoms with van der Waals surface area (Å²) in [4.78, 5) is 30.4. The van der Waals surface area contributed by atoms with Crippen LogP contribution in [0.3, 0.4) is 0 Å². The van der Waals surface area contributed by atoms with Crippen LogP contribution in [0.25, 0.3) is 0 Å². The fourth-order valence-electron chi connectivity index (χ4n) is 2.48. The monoisotopic (exact) mass is 371 g/mol. The molecule has 0 spiro atoms. The van der Waals surface area contributed by atoms with E-state index in [1.165, 1.54) is 7.11 Å². The zero-order chi connectivity index (χ0) is 18.5. The van der Waals surface area contributed by atoms with Crippen LogP contribution in [0.2, 0.25) is 0 Å². The summed E-state index contributed by atoms with van der Waals surface area (Å²) in [6.07, 6.45) is 3.69. The van der Waals surface area contributed by atoms with E-state index in [4.69, 9.17) is 4.74 Å². The molecule has 0 radical (unpaired) electrons. The van der Waals surface area contributed by atoms with Crippen LogP contribution >= 0.6 is 11.3 Å². The van der Waals surface area contributed by atoms with E-state index in [-0.39, 0.29) is 16.7 Å². The number of methoxy groups -OCH3 is 1. The first-order valence-corrected chi connectivity index (χ1v) is 8.63. The first kappa shape index (κ1) is 17.7. The molecule has 0 aliphatic carbocycles. The van der Waals surface area contributed by atoms with Gasteiger partial charge in [-0.3, -0.25) is 19.6 Å². The van der Waals surface area contributed by atoms with Gasteiger partial charge in [0.05, 0.1) is 17.6 Å². The summed E-state index contributed by atoms with van der Waals surface area (Å²) in [7, 11) is 1.50. The van der Waals surface area contributed by atoms with Crippen LogP contribution in [-0.4, -0.2) is 28.1 Å². The van der Waals surface area contributed by atoms with E-state index in [0.29, 0.717) is 29.2 Å². The summed E-state index contributed by atoms with van der Waals surface area (Å²) in [5, 5.41) is 12.6. The standard InChI is InChI=1S/C18H17N3O4S/c1-25-14-5-4-11(8-15-17(23)21-18(24)26-15)7-13(14)16(22)20-10-12-3-2-6-19-9-12/h2-7,9,23H,8,10H2,1H3,(H,20,22)(H,21,24). The Morgan fingerprint density at radius 3 is 2.85 bits per heavy atom. The van der Waals surface area contributed by atoms with Gasteiger partial charge in [0, 0.05) is 25.4 Å². The number of nitrogens with one attached hydrogen (secondary N) is 2. The van der Waals surface area contributed by atoms with E-state index in [9.17, 15) is 14.7 Å². The summed E-state index contributed by atoms with van der Waals surface area (Å²) < 4.78 is 5.28. The van der Waals surface area contributed by atoms with E-state index in [0.717, 1.165) is 22.5 Å². The number of thiazole rings is 1. The highest BCUT2D eigenvalue weighted by molar-refractivity contribution is 7.09. The fourth-order valence-corrected chi connectivity index (χ4v) is 3.24. The second-order valence-corrected chi connectivity index (χ2v) is 6.61. The third-order valence-electron chi connectivity index (χ3n) is 3.75. The third-order valence-corrected chi connectivity index (χ3v) is 4.62. The van der Waals surface area contributed by atoms with Crippen LogP contribution < -0.4 is 14.9 Å². The average Bonchev–Trinajstić information content (AvgIpc) is 2.97. The number of hydrogen-bond donors (Lipinski definition) is 3. The first-order valence-electron chi connectivity index (χ1n) is 7.82. The van der Waals surface area contributed by atoms with E-state index < -0.39 is 0 Å². The van der Waals surface area contributed by atoms with Crippen LogP contribution in [0.15, 0.2) is 47.5 Å². The minimum absolute atomic E-state index is 0.140. The largest absolute Gasteiger partial charge is 0.496 e. The normalized spacial score (nSPS) is 10.5. The summed E-state index contributed by atoms with van der Waals surface area (Å²) in [6.45, 7) is 0.347. The maximum absolute atomic E-state index is 12.6. The number of amides is 1. The predicted molar refractivity (Wildman–Crippen MR) is 97.8 cm³/mol. The van der Waals surface area contributed by atoms with Crippen molar-refractivity contribution < 1.29 is 14.6 Å². The van der Waals surface area contributed by atoms with Crippen LogP contribution in [0, 0.1) is 0 Å². The number of carbonyl (C=O) groups excluding carboxylic acids is 1. The second kappa shape index (κ2) is 7.83. The molecule has 0 aliphatic rings. The smallest absolute Gasteiger partial charge is 0.307 e. The van der Waals surface area contributed by atoms with Crippen molar-refractivity contribution in [3.05, 3.63) is 74.0 Å². The molecule has 0 saturated carbocycles. The van der Waals surface area contributed by atoms with Gasteiger partial charge in [0.1, 0.15) is 5.75 Å². The first-order chi connectivity index (χ1) is 12.6. The third kappa shape index (κ3) is 4.09. The van der Waals surface area contributed by atoms with Gasteiger partial charge in [0.25, 0.3) is 5.91 Å². The lowest BCUT2D eigenvalue weighted by Crippen LogP contribution is -2.23. The molecule has 3 rings (SSSR count). The number of aromatic nitrogens is 2. The van der Waals surface area contributed by atoms with Gasteiger partial charge in [-0.05, 0) is 29.3 Å². The molecule has 0 fully saturated rings. The lowest BCUT2D eigenvalue weighted by molar-refractivity contribution is 0.0947. The molecule has 1 aromatic carbocycles. The Balaban J connectivity index is 1.79. The van der Waals surface area contributed by atoms with Gasteiger partial charge >= 0.3 is 4.87 Å². The van der Waals surface area contributed by atoms with E-state index >= 15 is 0 Å². The van der Waals surface area contributed by atoms with Crippen molar-refractivity contribution in [3.63, 3.8) is 0 Å².